The van der Waals surface area contributed by atoms with E-state index < -0.39 is 17.7 Å². The number of ether oxygens (including phenoxy) is 2. The van der Waals surface area contributed by atoms with E-state index in [9.17, 15) is 14.4 Å². The first-order chi connectivity index (χ1) is 14.4. The summed E-state index contributed by atoms with van der Waals surface area (Å²) in [4.78, 5) is 36.2. The minimum absolute atomic E-state index is 0.216. The third kappa shape index (κ3) is 5.16. The summed E-state index contributed by atoms with van der Waals surface area (Å²) in [5.74, 6) is -0.372. The second-order valence-corrected chi connectivity index (χ2v) is 7.69. The standard InChI is InChI=1S/C20H17N3O5S2/c1-27-14-8-4-13(5-9-14)18(25)22-23-19(26)16(30-20(23)29)10-12-2-6-15(7-3-12)28-11-17(21)24/h2-10H,11H2,1H3,(H2,21,24)(H,22,25)/b16-10-. The average molecular weight is 444 g/mol. The number of carbonyl (C=O) groups is 3. The van der Waals surface area contributed by atoms with Gasteiger partial charge in [0, 0.05) is 5.56 Å². The van der Waals surface area contributed by atoms with Gasteiger partial charge in [0.1, 0.15) is 11.5 Å². The number of hydrogen-bond donors (Lipinski definition) is 2. The Hall–Kier alpha value is -3.37. The Bertz CT molecular complexity index is 1020. The van der Waals surface area contributed by atoms with Gasteiger partial charge in [-0.25, -0.2) is 0 Å². The van der Waals surface area contributed by atoms with Crippen molar-refractivity contribution in [2.75, 3.05) is 13.7 Å². The average Bonchev–Trinajstić information content (AvgIpc) is 3.00. The summed E-state index contributed by atoms with van der Waals surface area (Å²) in [5.41, 5.74) is 8.65. The quantitative estimate of drug-likeness (QED) is 0.498. The number of thiocarbonyl (C=S) groups is 1. The van der Waals surface area contributed by atoms with Crippen LogP contribution in [0.3, 0.4) is 0 Å². The number of hydrogen-bond acceptors (Lipinski definition) is 7. The second-order valence-electron chi connectivity index (χ2n) is 6.01. The summed E-state index contributed by atoms with van der Waals surface area (Å²) in [6, 6.07) is 13.2. The van der Waals surface area contributed by atoms with Crippen molar-refractivity contribution >= 4 is 52.1 Å². The van der Waals surface area contributed by atoms with Crippen LogP contribution in [-0.2, 0) is 9.59 Å². The molecule has 0 saturated carbocycles. The molecule has 0 aliphatic carbocycles. The molecule has 3 amide bonds. The van der Waals surface area contributed by atoms with Crippen LogP contribution < -0.4 is 20.6 Å². The summed E-state index contributed by atoms with van der Waals surface area (Å²) in [6.07, 6.45) is 1.65. The number of thioether (sulfide) groups is 1. The first-order valence-corrected chi connectivity index (χ1v) is 9.84. The molecule has 154 valence electrons. The first-order valence-electron chi connectivity index (χ1n) is 8.61. The zero-order valence-electron chi connectivity index (χ0n) is 15.8. The summed E-state index contributed by atoms with van der Waals surface area (Å²) in [7, 11) is 1.53. The fraction of sp³-hybridized carbons (Fsp3) is 0.100. The Morgan fingerprint density at radius 3 is 2.37 bits per heavy atom. The van der Waals surface area contributed by atoms with Gasteiger partial charge in [0.2, 0.25) is 0 Å². The van der Waals surface area contributed by atoms with Gasteiger partial charge in [-0.1, -0.05) is 23.9 Å². The highest BCUT2D eigenvalue weighted by atomic mass is 32.2. The highest BCUT2D eigenvalue weighted by Gasteiger charge is 2.33. The molecular formula is C20H17N3O5S2. The number of primary amides is 1. The van der Waals surface area contributed by atoms with Crippen molar-refractivity contribution in [3.8, 4) is 11.5 Å². The molecule has 1 saturated heterocycles. The fourth-order valence-corrected chi connectivity index (χ4v) is 3.62. The van der Waals surface area contributed by atoms with Crippen molar-refractivity contribution < 1.29 is 23.9 Å². The van der Waals surface area contributed by atoms with Gasteiger partial charge in [0.05, 0.1) is 12.0 Å². The maximum absolute atomic E-state index is 12.7. The Balaban J connectivity index is 1.67. The second kappa shape index (κ2) is 9.42. The van der Waals surface area contributed by atoms with E-state index in [1.54, 1.807) is 54.6 Å². The zero-order chi connectivity index (χ0) is 21.7. The van der Waals surface area contributed by atoms with E-state index in [-0.39, 0.29) is 10.9 Å². The minimum atomic E-state index is -0.570. The van der Waals surface area contributed by atoms with Crippen LogP contribution in [0, 0.1) is 0 Å². The van der Waals surface area contributed by atoms with E-state index >= 15 is 0 Å². The van der Waals surface area contributed by atoms with Crippen LogP contribution in [0.25, 0.3) is 6.08 Å². The summed E-state index contributed by atoms with van der Waals surface area (Å²) in [5, 5.41) is 1.04. The van der Waals surface area contributed by atoms with Crippen molar-refractivity contribution in [2.45, 2.75) is 0 Å². The highest BCUT2D eigenvalue weighted by molar-refractivity contribution is 8.26. The molecule has 1 aliphatic heterocycles. The Morgan fingerprint density at radius 1 is 1.13 bits per heavy atom. The van der Waals surface area contributed by atoms with Crippen LogP contribution in [0.2, 0.25) is 0 Å². The van der Waals surface area contributed by atoms with Crippen LogP contribution in [0.4, 0.5) is 0 Å². The highest BCUT2D eigenvalue weighted by Crippen LogP contribution is 2.31. The Kier molecular flexibility index (Phi) is 6.70. The lowest BCUT2D eigenvalue weighted by Gasteiger charge is -2.15. The van der Waals surface area contributed by atoms with Crippen molar-refractivity contribution in [1.29, 1.82) is 0 Å². The number of methoxy groups -OCH3 is 1. The summed E-state index contributed by atoms with van der Waals surface area (Å²) < 4.78 is 10.5. The van der Waals surface area contributed by atoms with Gasteiger partial charge < -0.3 is 15.2 Å². The predicted octanol–water partition coefficient (Wildman–Crippen LogP) is 2.11. The van der Waals surface area contributed by atoms with E-state index in [4.69, 9.17) is 27.4 Å². The fourth-order valence-electron chi connectivity index (χ4n) is 2.44. The molecular weight excluding hydrogens is 426 g/mol. The molecule has 8 nitrogen and oxygen atoms in total. The Morgan fingerprint density at radius 2 is 1.77 bits per heavy atom. The molecule has 1 fully saturated rings. The lowest BCUT2D eigenvalue weighted by molar-refractivity contribution is -0.123. The number of nitrogens with two attached hydrogens (primary N) is 1. The summed E-state index contributed by atoms with van der Waals surface area (Å²) >= 11 is 6.31. The smallest absolute Gasteiger partial charge is 0.285 e. The largest absolute Gasteiger partial charge is 0.497 e. The minimum Gasteiger partial charge on any atom is -0.497 e. The van der Waals surface area contributed by atoms with E-state index in [1.807, 2.05) is 0 Å². The predicted molar refractivity (Wildman–Crippen MR) is 117 cm³/mol. The van der Waals surface area contributed by atoms with Crippen molar-refractivity contribution in [3.05, 3.63) is 64.6 Å². The van der Waals surface area contributed by atoms with Gasteiger partial charge in [-0.05, 0) is 60.3 Å². The number of amides is 3. The molecule has 0 radical (unpaired) electrons. The van der Waals surface area contributed by atoms with Gasteiger partial charge in [-0.15, -0.1) is 0 Å². The first kappa shape index (κ1) is 21.3. The molecule has 3 rings (SSSR count). The number of carbonyl (C=O) groups excluding carboxylic acids is 3. The molecule has 3 N–H and O–H groups in total. The number of hydrazine groups is 1. The Labute approximate surface area is 182 Å². The van der Waals surface area contributed by atoms with Crippen LogP contribution in [0.1, 0.15) is 15.9 Å². The maximum Gasteiger partial charge on any atom is 0.285 e. The van der Waals surface area contributed by atoms with Crippen LogP contribution in [-0.4, -0.2) is 40.8 Å². The van der Waals surface area contributed by atoms with E-state index in [1.165, 1.54) is 7.11 Å². The summed E-state index contributed by atoms with van der Waals surface area (Å²) in [6.45, 7) is -0.216. The lowest BCUT2D eigenvalue weighted by Crippen LogP contribution is -2.44. The molecule has 0 atom stereocenters. The third-order valence-corrected chi connectivity index (χ3v) is 5.22. The van der Waals surface area contributed by atoms with E-state index in [2.05, 4.69) is 5.43 Å². The molecule has 1 heterocycles. The molecule has 2 aromatic carbocycles. The van der Waals surface area contributed by atoms with E-state index in [0.29, 0.717) is 22.0 Å². The maximum atomic E-state index is 12.7. The number of nitrogens with one attached hydrogen (secondary N) is 1. The van der Waals surface area contributed by atoms with Crippen LogP contribution >= 0.6 is 24.0 Å². The van der Waals surface area contributed by atoms with Gasteiger partial charge in [0.25, 0.3) is 17.7 Å². The topological polar surface area (TPSA) is 111 Å². The molecule has 0 unspecified atom stereocenters. The van der Waals surface area contributed by atoms with Gasteiger partial charge in [-0.3, -0.25) is 19.8 Å². The van der Waals surface area contributed by atoms with Gasteiger partial charge in [0.15, 0.2) is 10.9 Å². The van der Waals surface area contributed by atoms with Crippen LogP contribution in [0.15, 0.2) is 53.4 Å². The monoisotopic (exact) mass is 443 g/mol. The molecule has 0 bridgehead atoms. The normalized spacial score (nSPS) is 14.7. The van der Waals surface area contributed by atoms with Gasteiger partial charge in [-0.2, -0.15) is 5.01 Å². The third-order valence-electron chi connectivity index (χ3n) is 3.92. The molecule has 1 aliphatic rings. The molecule has 30 heavy (non-hydrogen) atoms. The zero-order valence-corrected chi connectivity index (χ0v) is 17.4. The van der Waals surface area contributed by atoms with Crippen molar-refractivity contribution in [2.24, 2.45) is 5.73 Å². The molecule has 0 spiro atoms. The van der Waals surface area contributed by atoms with E-state index in [0.717, 1.165) is 22.3 Å². The molecule has 0 aromatic heterocycles. The van der Waals surface area contributed by atoms with Gasteiger partial charge >= 0.3 is 0 Å². The SMILES string of the molecule is COc1ccc(C(=O)NN2C(=O)/C(=C/c3ccc(OCC(N)=O)cc3)SC2=S)cc1. The van der Waals surface area contributed by atoms with Crippen molar-refractivity contribution in [1.82, 2.24) is 10.4 Å². The van der Waals surface area contributed by atoms with Crippen LogP contribution in [0.5, 0.6) is 11.5 Å². The number of rotatable bonds is 7. The molecule has 2 aromatic rings. The number of benzene rings is 2. The number of nitrogens with zero attached hydrogens (tertiary/aromatic N) is 1. The molecule has 10 heteroatoms. The lowest BCUT2D eigenvalue weighted by atomic mass is 10.2. The van der Waals surface area contributed by atoms with Crippen molar-refractivity contribution in [3.63, 3.8) is 0 Å².